The van der Waals surface area contributed by atoms with Crippen LogP contribution in [0.3, 0.4) is 0 Å². The molecule has 1 aromatic carbocycles. The van der Waals surface area contributed by atoms with Crippen LogP contribution < -0.4 is 5.11 Å². The molecule has 0 saturated carbocycles. The molecular formula is C9H5BrF3O2-. The zero-order chi connectivity index (χ0) is 11.6. The number of benzene rings is 1. The summed E-state index contributed by atoms with van der Waals surface area (Å²) in [6, 6.07) is 3.18. The molecular weight excluding hydrogens is 277 g/mol. The molecule has 1 aromatic rings. The second kappa shape index (κ2) is 4.22. The van der Waals surface area contributed by atoms with Gasteiger partial charge in [0.15, 0.2) is 0 Å². The van der Waals surface area contributed by atoms with E-state index in [1.165, 1.54) is 6.07 Å². The van der Waals surface area contributed by atoms with Crippen molar-refractivity contribution in [3.8, 4) is 0 Å². The maximum Gasteiger partial charge on any atom is 0.417 e. The SMILES string of the molecule is O=C([O-])c1c(CBr)cccc1C(F)(F)F. The molecule has 0 unspecified atom stereocenters. The van der Waals surface area contributed by atoms with Crippen LogP contribution in [0.1, 0.15) is 21.5 Å². The molecule has 0 radical (unpaired) electrons. The van der Waals surface area contributed by atoms with E-state index in [9.17, 15) is 23.1 Å². The minimum atomic E-state index is -4.69. The summed E-state index contributed by atoms with van der Waals surface area (Å²) in [5.74, 6) is -1.82. The lowest BCUT2D eigenvalue weighted by Gasteiger charge is -2.16. The number of alkyl halides is 4. The number of carbonyl (C=O) groups is 1. The van der Waals surface area contributed by atoms with E-state index in [-0.39, 0.29) is 10.9 Å². The molecule has 15 heavy (non-hydrogen) atoms. The number of rotatable bonds is 2. The standard InChI is InChI=1S/C9H6BrF3O2/c10-4-5-2-1-3-6(9(11,12)13)7(5)8(14)15/h1-3H,4H2,(H,14,15)/p-1. The Labute approximate surface area is 91.8 Å². The van der Waals surface area contributed by atoms with E-state index in [1.807, 2.05) is 0 Å². The van der Waals surface area contributed by atoms with Gasteiger partial charge in [0.2, 0.25) is 0 Å². The molecule has 0 amide bonds. The Hall–Kier alpha value is -1.04. The predicted octanol–water partition coefficient (Wildman–Crippen LogP) is 1.96. The van der Waals surface area contributed by atoms with Gasteiger partial charge in [-0.3, -0.25) is 0 Å². The van der Waals surface area contributed by atoms with Crippen molar-refractivity contribution in [2.24, 2.45) is 0 Å². The minimum Gasteiger partial charge on any atom is -0.545 e. The number of hydrogen-bond acceptors (Lipinski definition) is 2. The summed E-state index contributed by atoms with van der Waals surface area (Å²) in [5, 5.41) is 10.6. The summed E-state index contributed by atoms with van der Waals surface area (Å²) >= 11 is 2.92. The predicted molar refractivity (Wildman–Crippen MR) is 48.4 cm³/mol. The highest BCUT2D eigenvalue weighted by Gasteiger charge is 2.34. The Morgan fingerprint density at radius 1 is 1.40 bits per heavy atom. The summed E-state index contributed by atoms with van der Waals surface area (Å²) < 4.78 is 37.3. The Balaban J connectivity index is 3.46. The van der Waals surface area contributed by atoms with E-state index in [1.54, 1.807) is 0 Å². The van der Waals surface area contributed by atoms with E-state index < -0.39 is 23.3 Å². The molecule has 0 heterocycles. The second-order valence-corrected chi connectivity index (χ2v) is 3.32. The number of halogens is 4. The fourth-order valence-electron chi connectivity index (χ4n) is 1.19. The van der Waals surface area contributed by atoms with E-state index in [0.717, 1.165) is 12.1 Å². The van der Waals surface area contributed by atoms with E-state index in [2.05, 4.69) is 15.9 Å². The van der Waals surface area contributed by atoms with Gasteiger partial charge >= 0.3 is 6.18 Å². The highest BCUT2D eigenvalue weighted by Crippen LogP contribution is 2.33. The smallest absolute Gasteiger partial charge is 0.417 e. The maximum absolute atomic E-state index is 12.4. The summed E-state index contributed by atoms with van der Waals surface area (Å²) in [6.07, 6.45) is -4.69. The van der Waals surface area contributed by atoms with Crippen molar-refractivity contribution in [1.29, 1.82) is 0 Å². The number of carboxylic acids is 1. The minimum absolute atomic E-state index is 0.0280. The van der Waals surface area contributed by atoms with Gasteiger partial charge in [0, 0.05) is 10.9 Å². The Morgan fingerprint density at radius 2 is 2.00 bits per heavy atom. The summed E-state index contributed by atoms with van der Waals surface area (Å²) in [4.78, 5) is 10.6. The molecule has 6 heteroatoms. The van der Waals surface area contributed by atoms with Gasteiger partial charge in [-0.1, -0.05) is 28.1 Å². The number of hydrogen-bond donors (Lipinski definition) is 0. The molecule has 1 rings (SSSR count). The lowest BCUT2D eigenvalue weighted by molar-refractivity contribution is -0.255. The van der Waals surface area contributed by atoms with Gasteiger partial charge in [0.25, 0.3) is 0 Å². The maximum atomic E-state index is 12.4. The Bertz CT molecular complexity index is 387. The van der Waals surface area contributed by atoms with Crippen LogP contribution in [0.5, 0.6) is 0 Å². The highest BCUT2D eigenvalue weighted by atomic mass is 79.9. The monoisotopic (exact) mass is 281 g/mol. The van der Waals surface area contributed by atoms with Gasteiger partial charge in [-0.05, 0) is 11.6 Å². The van der Waals surface area contributed by atoms with Gasteiger partial charge in [-0.2, -0.15) is 13.2 Å². The van der Waals surface area contributed by atoms with Gasteiger partial charge in [0.1, 0.15) is 0 Å². The molecule has 2 nitrogen and oxygen atoms in total. The molecule has 0 N–H and O–H groups in total. The molecule has 82 valence electrons. The lowest BCUT2D eigenvalue weighted by atomic mass is 10.0. The van der Waals surface area contributed by atoms with Gasteiger partial charge < -0.3 is 9.90 Å². The summed E-state index contributed by atoms with van der Waals surface area (Å²) in [6.45, 7) is 0. The van der Waals surface area contributed by atoms with Gasteiger partial charge in [0.05, 0.1) is 11.5 Å². The van der Waals surface area contributed by atoms with Crippen molar-refractivity contribution in [3.63, 3.8) is 0 Å². The Kier molecular flexibility index (Phi) is 3.38. The first-order chi connectivity index (χ1) is 6.88. The average Bonchev–Trinajstić information content (AvgIpc) is 2.15. The quantitative estimate of drug-likeness (QED) is 0.778. The van der Waals surface area contributed by atoms with Crippen molar-refractivity contribution in [1.82, 2.24) is 0 Å². The molecule has 0 aliphatic carbocycles. The zero-order valence-electron chi connectivity index (χ0n) is 7.27. The average molecular weight is 282 g/mol. The first-order valence-corrected chi connectivity index (χ1v) is 4.96. The van der Waals surface area contributed by atoms with Crippen LogP contribution in [0.25, 0.3) is 0 Å². The van der Waals surface area contributed by atoms with E-state index in [0.29, 0.717) is 0 Å². The molecule has 0 saturated heterocycles. The molecule has 0 aliphatic rings. The topological polar surface area (TPSA) is 40.1 Å². The van der Waals surface area contributed by atoms with Crippen LogP contribution in [0.2, 0.25) is 0 Å². The summed E-state index contributed by atoms with van der Waals surface area (Å²) in [5.41, 5.74) is -1.94. The molecule has 0 aliphatic heterocycles. The van der Waals surface area contributed by atoms with Crippen LogP contribution in [0.4, 0.5) is 13.2 Å². The zero-order valence-corrected chi connectivity index (χ0v) is 8.85. The third kappa shape index (κ3) is 2.50. The highest BCUT2D eigenvalue weighted by molar-refractivity contribution is 9.08. The van der Waals surface area contributed by atoms with Crippen LogP contribution in [0.15, 0.2) is 18.2 Å². The van der Waals surface area contributed by atoms with Crippen molar-refractivity contribution >= 4 is 21.9 Å². The molecule has 0 bridgehead atoms. The number of aromatic carboxylic acids is 1. The molecule has 0 atom stereocenters. The summed E-state index contributed by atoms with van der Waals surface area (Å²) in [7, 11) is 0. The van der Waals surface area contributed by atoms with Crippen LogP contribution >= 0.6 is 15.9 Å². The second-order valence-electron chi connectivity index (χ2n) is 2.76. The van der Waals surface area contributed by atoms with Crippen molar-refractivity contribution < 1.29 is 23.1 Å². The van der Waals surface area contributed by atoms with Crippen LogP contribution in [-0.2, 0) is 11.5 Å². The largest absolute Gasteiger partial charge is 0.545 e. The fourth-order valence-corrected chi connectivity index (χ4v) is 1.66. The van der Waals surface area contributed by atoms with Crippen LogP contribution in [-0.4, -0.2) is 5.97 Å². The van der Waals surface area contributed by atoms with E-state index >= 15 is 0 Å². The normalized spacial score (nSPS) is 11.5. The van der Waals surface area contributed by atoms with Crippen molar-refractivity contribution in [2.45, 2.75) is 11.5 Å². The third-order valence-corrected chi connectivity index (χ3v) is 2.41. The molecule has 0 aromatic heterocycles. The lowest BCUT2D eigenvalue weighted by Crippen LogP contribution is -2.27. The van der Waals surface area contributed by atoms with E-state index in [4.69, 9.17) is 0 Å². The first kappa shape index (κ1) is 12.0. The van der Waals surface area contributed by atoms with Crippen LogP contribution in [0, 0.1) is 0 Å². The van der Waals surface area contributed by atoms with Gasteiger partial charge in [-0.25, -0.2) is 0 Å². The molecule has 0 spiro atoms. The van der Waals surface area contributed by atoms with Crippen molar-refractivity contribution in [3.05, 3.63) is 34.9 Å². The number of carbonyl (C=O) groups excluding carboxylic acids is 1. The van der Waals surface area contributed by atoms with Crippen molar-refractivity contribution in [2.75, 3.05) is 0 Å². The first-order valence-electron chi connectivity index (χ1n) is 3.84. The molecule has 0 fully saturated rings. The fraction of sp³-hybridized carbons (Fsp3) is 0.222. The third-order valence-electron chi connectivity index (χ3n) is 1.80. The Morgan fingerprint density at radius 3 is 2.40 bits per heavy atom. The number of carboxylic acid groups (broad SMARTS) is 1. The van der Waals surface area contributed by atoms with Gasteiger partial charge in [-0.15, -0.1) is 0 Å².